The molecule has 0 bridgehead atoms. The normalized spacial score (nSPS) is 15.5. The Morgan fingerprint density at radius 3 is 2.63 bits per heavy atom. The molecule has 140 valence electrons. The average molecular weight is 420 g/mol. The Kier molecular flexibility index (Phi) is 5.93. The Morgan fingerprint density at radius 2 is 2.07 bits per heavy atom. The molecular weight excluding hydrogens is 402 g/mol. The fraction of sp³-hybridized carbons (Fsp3) is 0.222. The van der Waals surface area contributed by atoms with Crippen molar-refractivity contribution < 1.29 is 14.3 Å². The third-order valence-corrected chi connectivity index (χ3v) is 6.04. The number of hydrogen-bond donors (Lipinski definition) is 0. The van der Waals surface area contributed by atoms with Crippen LogP contribution < -0.4 is 9.64 Å². The van der Waals surface area contributed by atoms with Gasteiger partial charge in [0.1, 0.15) is 10.1 Å². The highest BCUT2D eigenvalue weighted by Gasteiger charge is 2.31. The summed E-state index contributed by atoms with van der Waals surface area (Å²) in [6.45, 7) is 3.91. The second-order valence-electron chi connectivity index (χ2n) is 5.53. The number of thioether (sulfide) groups is 1. The van der Waals surface area contributed by atoms with Crippen LogP contribution in [0.2, 0.25) is 0 Å². The van der Waals surface area contributed by atoms with Gasteiger partial charge in [-0.1, -0.05) is 24.0 Å². The maximum atomic E-state index is 12.3. The molecule has 0 radical (unpaired) electrons. The summed E-state index contributed by atoms with van der Waals surface area (Å²) in [5, 5.41) is 2.35. The minimum absolute atomic E-state index is 0.111. The maximum absolute atomic E-state index is 12.3. The first kappa shape index (κ1) is 19.5. The number of nitrogens with zero attached hydrogens (tertiary/aromatic N) is 3. The Bertz CT molecular complexity index is 921. The van der Waals surface area contributed by atoms with Gasteiger partial charge in [-0.3, -0.25) is 19.4 Å². The van der Waals surface area contributed by atoms with E-state index in [-0.39, 0.29) is 11.8 Å². The second-order valence-corrected chi connectivity index (χ2v) is 8.05. The van der Waals surface area contributed by atoms with Crippen LogP contribution in [-0.2, 0) is 9.59 Å². The molecule has 1 aliphatic heterocycles. The summed E-state index contributed by atoms with van der Waals surface area (Å²) >= 11 is 7.82. The highest BCUT2D eigenvalue weighted by atomic mass is 32.2. The monoisotopic (exact) mass is 419 g/mol. The van der Waals surface area contributed by atoms with Gasteiger partial charge >= 0.3 is 0 Å². The van der Waals surface area contributed by atoms with Crippen molar-refractivity contribution >= 4 is 68.3 Å². The average Bonchev–Trinajstić information content (AvgIpc) is 3.20. The number of amides is 2. The van der Waals surface area contributed by atoms with Crippen LogP contribution in [0, 0.1) is 0 Å². The first-order chi connectivity index (χ1) is 12.9. The Morgan fingerprint density at radius 1 is 1.37 bits per heavy atom. The zero-order chi connectivity index (χ0) is 19.6. The van der Waals surface area contributed by atoms with Gasteiger partial charge < -0.3 is 4.74 Å². The summed E-state index contributed by atoms with van der Waals surface area (Å²) in [5.74, 6) is 0.444. The number of anilines is 2. The molecular formula is C18H17N3O3S3. The van der Waals surface area contributed by atoms with Gasteiger partial charge in [0, 0.05) is 18.8 Å². The zero-order valence-corrected chi connectivity index (χ0v) is 17.4. The van der Waals surface area contributed by atoms with Crippen LogP contribution in [0.1, 0.15) is 19.5 Å². The lowest BCUT2D eigenvalue weighted by Gasteiger charge is -2.18. The lowest BCUT2D eigenvalue weighted by atomic mass is 10.3. The number of thiazole rings is 1. The number of benzene rings is 1. The molecule has 0 aliphatic carbocycles. The fourth-order valence-corrected chi connectivity index (χ4v) is 4.72. The van der Waals surface area contributed by atoms with Crippen LogP contribution in [0.5, 0.6) is 5.75 Å². The minimum atomic E-state index is -0.154. The van der Waals surface area contributed by atoms with E-state index >= 15 is 0 Å². The number of hydrogen-bond acceptors (Lipinski definition) is 7. The van der Waals surface area contributed by atoms with E-state index in [1.54, 1.807) is 42.4 Å². The summed E-state index contributed by atoms with van der Waals surface area (Å²) in [4.78, 5) is 32.7. The van der Waals surface area contributed by atoms with Gasteiger partial charge in [0.2, 0.25) is 5.91 Å². The molecule has 2 amide bonds. The van der Waals surface area contributed by atoms with Gasteiger partial charge in [-0.2, -0.15) is 0 Å². The van der Waals surface area contributed by atoms with Crippen LogP contribution in [0.15, 0.2) is 34.6 Å². The molecule has 0 spiro atoms. The molecule has 1 aromatic heterocycles. The number of rotatable bonds is 5. The predicted octanol–water partition coefficient (Wildman–Crippen LogP) is 4.06. The second kappa shape index (κ2) is 8.20. The SMILES string of the molecule is CCN1C(=O)C(=Cc2csc(N(C(C)=O)c3ccc(OC)cc3)n2)SC1=S. The van der Waals surface area contributed by atoms with Crippen molar-refractivity contribution in [3.05, 3.63) is 40.2 Å². The summed E-state index contributed by atoms with van der Waals surface area (Å²) in [6.07, 6.45) is 1.71. The van der Waals surface area contributed by atoms with Crippen molar-refractivity contribution in [2.75, 3.05) is 18.6 Å². The number of thiocarbonyl (C=S) groups is 1. The van der Waals surface area contributed by atoms with Crippen molar-refractivity contribution in [1.82, 2.24) is 9.88 Å². The highest BCUT2D eigenvalue weighted by Crippen LogP contribution is 2.34. The van der Waals surface area contributed by atoms with Crippen molar-refractivity contribution in [3.63, 3.8) is 0 Å². The van der Waals surface area contributed by atoms with Crippen molar-refractivity contribution in [1.29, 1.82) is 0 Å². The van der Waals surface area contributed by atoms with Gasteiger partial charge in [0.25, 0.3) is 5.91 Å². The predicted molar refractivity (Wildman–Crippen MR) is 113 cm³/mol. The first-order valence-corrected chi connectivity index (χ1v) is 10.2. The molecule has 0 saturated carbocycles. The molecule has 1 aromatic carbocycles. The van der Waals surface area contributed by atoms with E-state index in [1.165, 1.54) is 34.9 Å². The lowest BCUT2D eigenvalue weighted by Crippen LogP contribution is -2.27. The third-order valence-electron chi connectivity index (χ3n) is 3.82. The van der Waals surface area contributed by atoms with Gasteiger partial charge in [0.15, 0.2) is 5.13 Å². The molecule has 9 heteroatoms. The maximum Gasteiger partial charge on any atom is 0.266 e. The van der Waals surface area contributed by atoms with E-state index in [4.69, 9.17) is 17.0 Å². The molecule has 3 rings (SSSR count). The Hall–Kier alpha value is -2.23. The van der Waals surface area contributed by atoms with Gasteiger partial charge in [-0.05, 0) is 37.3 Å². The Balaban J connectivity index is 1.88. The summed E-state index contributed by atoms with van der Waals surface area (Å²) in [7, 11) is 1.59. The number of methoxy groups -OCH3 is 1. The van der Waals surface area contributed by atoms with E-state index in [9.17, 15) is 9.59 Å². The van der Waals surface area contributed by atoms with E-state index in [0.717, 1.165) is 0 Å². The first-order valence-electron chi connectivity index (χ1n) is 8.10. The quantitative estimate of drug-likeness (QED) is 0.538. The standard InChI is InChI=1S/C18H17N3O3S3/c1-4-20-16(23)15(27-18(20)25)9-12-10-26-17(19-12)21(11(2)22)13-5-7-14(24-3)8-6-13/h5-10H,4H2,1-3H3. The largest absolute Gasteiger partial charge is 0.497 e. The smallest absolute Gasteiger partial charge is 0.266 e. The van der Waals surface area contributed by atoms with E-state index < -0.39 is 0 Å². The van der Waals surface area contributed by atoms with Gasteiger partial charge in [-0.25, -0.2) is 4.98 Å². The van der Waals surface area contributed by atoms with Crippen LogP contribution in [-0.4, -0.2) is 39.7 Å². The van der Waals surface area contributed by atoms with Crippen molar-refractivity contribution in [2.24, 2.45) is 0 Å². The summed E-state index contributed by atoms with van der Waals surface area (Å²) in [5.41, 5.74) is 1.31. The number of likely N-dealkylation sites (N-methyl/N-ethyl adjacent to an activating group) is 1. The van der Waals surface area contributed by atoms with Crippen molar-refractivity contribution in [2.45, 2.75) is 13.8 Å². The molecule has 6 nitrogen and oxygen atoms in total. The minimum Gasteiger partial charge on any atom is -0.497 e. The van der Waals surface area contributed by atoms with Crippen LogP contribution in [0.4, 0.5) is 10.8 Å². The third kappa shape index (κ3) is 4.05. The summed E-state index contributed by atoms with van der Waals surface area (Å²) < 4.78 is 5.71. The molecule has 1 fully saturated rings. The number of ether oxygens (including phenoxy) is 1. The molecule has 0 atom stereocenters. The number of carbonyl (C=O) groups is 2. The molecule has 1 saturated heterocycles. The van der Waals surface area contributed by atoms with Crippen LogP contribution in [0.25, 0.3) is 6.08 Å². The highest BCUT2D eigenvalue weighted by molar-refractivity contribution is 8.26. The molecule has 0 unspecified atom stereocenters. The molecule has 2 heterocycles. The summed E-state index contributed by atoms with van der Waals surface area (Å²) in [6, 6.07) is 7.17. The van der Waals surface area contributed by atoms with E-state index in [0.29, 0.717) is 38.0 Å². The zero-order valence-electron chi connectivity index (χ0n) is 15.0. The fourth-order valence-electron chi connectivity index (χ4n) is 2.51. The molecule has 27 heavy (non-hydrogen) atoms. The van der Waals surface area contributed by atoms with Gasteiger partial charge in [0.05, 0.1) is 23.4 Å². The molecule has 2 aromatic rings. The molecule has 1 aliphatic rings. The van der Waals surface area contributed by atoms with Crippen molar-refractivity contribution in [3.8, 4) is 5.75 Å². The van der Waals surface area contributed by atoms with Gasteiger partial charge in [-0.15, -0.1) is 11.3 Å². The Labute approximate surface area is 170 Å². The number of aromatic nitrogens is 1. The van der Waals surface area contributed by atoms with E-state index in [1.807, 2.05) is 12.3 Å². The van der Waals surface area contributed by atoms with Crippen LogP contribution in [0.3, 0.4) is 0 Å². The topological polar surface area (TPSA) is 62.7 Å². The van der Waals surface area contributed by atoms with Crippen LogP contribution >= 0.6 is 35.3 Å². The number of carbonyl (C=O) groups excluding carboxylic acids is 2. The molecule has 0 N–H and O–H groups in total. The lowest BCUT2D eigenvalue weighted by molar-refractivity contribution is -0.122. The van der Waals surface area contributed by atoms with E-state index in [2.05, 4.69) is 4.98 Å².